The molecule has 0 bridgehead atoms. The summed E-state index contributed by atoms with van der Waals surface area (Å²) in [5.41, 5.74) is 5.71. The van der Waals surface area contributed by atoms with E-state index in [1.165, 1.54) is 6.20 Å². The van der Waals surface area contributed by atoms with Gasteiger partial charge in [-0.05, 0) is 6.07 Å². The molecule has 12 heavy (non-hydrogen) atoms. The second-order valence-corrected chi connectivity index (χ2v) is 2.50. The maximum absolute atomic E-state index is 12.9. The minimum absolute atomic E-state index is 0.154. The summed E-state index contributed by atoms with van der Waals surface area (Å²) in [5, 5.41) is 8.83. The normalized spacial score (nSPS) is 12.9. The van der Waals surface area contributed by atoms with Crippen LogP contribution in [0.1, 0.15) is 11.5 Å². The second-order valence-electron chi connectivity index (χ2n) is 2.50. The fourth-order valence-electron chi connectivity index (χ4n) is 1.00. The molecule has 66 valence electrons. The quantitative estimate of drug-likeness (QED) is 0.639. The van der Waals surface area contributed by atoms with E-state index >= 15 is 0 Å². The lowest BCUT2D eigenvalue weighted by molar-refractivity contribution is 0.264. The summed E-state index contributed by atoms with van der Waals surface area (Å²) in [6.45, 7) is 0.0677. The van der Waals surface area contributed by atoms with Crippen molar-refractivity contribution in [3.63, 3.8) is 0 Å². The van der Waals surface area contributed by atoms with Gasteiger partial charge in [0.2, 0.25) is 5.95 Å². The largest absolute Gasteiger partial charge is 0.396 e. The van der Waals surface area contributed by atoms with Gasteiger partial charge in [-0.3, -0.25) is 0 Å². The van der Waals surface area contributed by atoms with Crippen molar-refractivity contribution in [1.29, 1.82) is 0 Å². The van der Waals surface area contributed by atoms with E-state index in [2.05, 4.69) is 4.98 Å². The average Bonchev–Trinajstić information content (AvgIpc) is 2.10. The van der Waals surface area contributed by atoms with Crippen LogP contribution in [-0.2, 0) is 0 Å². The Balaban J connectivity index is 2.92. The Morgan fingerprint density at radius 2 is 2.42 bits per heavy atom. The van der Waals surface area contributed by atoms with Gasteiger partial charge in [0.05, 0.1) is 6.61 Å². The maximum Gasteiger partial charge on any atom is 0.216 e. The van der Waals surface area contributed by atoms with Crippen molar-refractivity contribution < 1.29 is 9.50 Å². The van der Waals surface area contributed by atoms with Crippen molar-refractivity contribution >= 4 is 0 Å². The van der Waals surface area contributed by atoms with Gasteiger partial charge in [-0.1, -0.05) is 6.07 Å². The van der Waals surface area contributed by atoms with E-state index in [9.17, 15) is 4.39 Å². The van der Waals surface area contributed by atoms with Crippen molar-refractivity contribution in [2.45, 2.75) is 5.92 Å². The van der Waals surface area contributed by atoms with E-state index in [4.69, 9.17) is 10.8 Å². The number of aliphatic hydroxyl groups is 1. The smallest absolute Gasteiger partial charge is 0.216 e. The molecule has 0 aromatic carbocycles. The van der Waals surface area contributed by atoms with Gasteiger partial charge in [0, 0.05) is 24.2 Å². The highest BCUT2D eigenvalue weighted by Gasteiger charge is 2.12. The van der Waals surface area contributed by atoms with E-state index in [1.54, 1.807) is 12.1 Å². The third-order valence-corrected chi connectivity index (χ3v) is 1.73. The zero-order chi connectivity index (χ0) is 8.97. The van der Waals surface area contributed by atoms with Crippen LogP contribution in [0.4, 0.5) is 4.39 Å². The molecular formula is C8H11FN2O. The summed E-state index contributed by atoms with van der Waals surface area (Å²) in [6, 6.07) is 3.20. The molecule has 1 rings (SSSR count). The number of nitrogens with zero attached hydrogens (tertiary/aromatic N) is 1. The minimum atomic E-state index is -0.554. The van der Waals surface area contributed by atoms with Gasteiger partial charge in [-0.15, -0.1) is 0 Å². The van der Waals surface area contributed by atoms with Crippen LogP contribution in [0, 0.1) is 5.95 Å². The topological polar surface area (TPSA) is 59.1 Å². The van der Waals surface area contributed by atoms with Gasteiger partial charge in [0.25, 0.3) is 0 Å². The van der Waals surface area contributed by atoms with E-state index < -0.39 is 5.95 Å². The van der Waals surface area contributed by atoms with Crippen LogP contribution in [-0.4, -0.2) is 23.2 Å². The molecule has 0 radical (unpaired) electrons. The minimum Gasteiger partial charge on any atom is -0.396 e. The summed E-state index contributed by atoms with van der Waals surface area (Å²) in [6.07, 6.45) is 1.36. The number of nitrogens with two attached hydrogens (primary N) is 1. The van der Waals surface area contributed by atoms with Crippen LogP contribution < -0.4 is 5.73 Å². The number of rotatable bonds is 3. The van der Waals surface area contributed by atoms with Gasteiger partial charge in [-0.2, -0.15) is 4.39 Å². The van der Waals surface area contributed by atoms with Crippen LogP contribution in [0.3, 0.4) is 0 Å². The van der Waals surface area contributed by atoms with Gasteiger partial charge in [-0.25, -0.2) is 4.98 Å². The predicted octanol–water partition coefficient (Wildman–Crippen LogP) is 0.255. The number of halogens is 1. The summed E-state index contributed by atoms with van der Waals surface area (Å²) in [5.74, 6) is -0.902. The van der Waals surface area contributed by atoms with Crippen LogP contribution in [0.2, 0.25) is 0 Å². The molecule has 0 fully saturated rings. The maximum atomic E-state index is 12.9. The molecule has 1 aromatic rings. The third-order valence-electron chi connectivity index (χ3n) is 1.73. The Kier molecular flexibility index (Phi) is 3.13. The molecule has 0 aliphatic rings. The average molecular weight is 170 g/mol. The van der Waals surface area contributed by atoms with Crippen LogP contribution in [0.25, 0.3) is 0 Å². The first-order chi connectivity index (χ1) is 5.79. The van der Waals surface area contributed by atoms with Gasteiger partial charge < -0.3 is 10.8 Å². The van der Waals surface area contributed by atoms with E-state index in [-0.39, 0.29) is 19.1 Å². The van der Waals surface area contributed by atoms with Gasteiger partial charge in [0.1, 0.15) is 0 Å². The molecule has 0 aliphatic heterocycles. The van der Waals surface area contributed by atoms with Crippen molar-refractivity contribution in [2.75, 3.05) is 13.2 Å². The van der Waals surface area contributed by atoms with Crippen LogP contribution in [0.15, 0.2) is 18.3 Å². The molecule has 1 heterocycles. The first-order valence-electron chi connectivity index (χ1n) is 3.71. The summed E-state index contributed by atoms with van der Waals surface area (Å²) >= 11 is 0. The molecule has 0 amide bonds. The predicted molar refractivity (Wildman–Crippen MR) is 43.1 cm³/mol. The third kappa shape index (κ3) is 1.78. The standard InChI is InChI=1S/C8H11FN2O/c9-8-7(2-1-3-11-8)6(4-10)5-12/h1-3,6,12H,4-5,10H2. The monoisotopic (exact) mass is 170 g/mol. The van der Waals surface area contributed by atoms with Crippen molar-refractivity contribution in [3.05, 3.63) is 29.8 Å². The Bertz CT molecular complexity index is 251. The van der Waals surface area contributed by atoms with Crippen LogP contribution in [0.5, 0.6) is 0 Å². The highest BCUT2D eigenvalue weighted by Crippen LogP contribution is 2.15. The van der Waals surface area contributed by atoms with E-state index in [0.717, 1.165) is 0 Å². The Hall–Kier alpha value is -1.00. The van der Waals surface area contributed by atoms with E-state index in [1.807, 2.05) is 0 Å². The highest BCUT2D eigenvalue weighted by molar-refractivity contribution is 5.16. The zero-order valence-corrected chi connectivity index (χ0v) is 6.57. The van der Waals surface area contributed by atoms with Crippen molar-refractivity contribution in [3.8, 4) is 0 Å². The molecule has 1 atom stereocenters. The number of hydrogen-bond donors (Lipinski definition) is 2. The number of aromatic nitrogens is 1. The molecule has 0 spiro atoms. The lowest BCUT2D eigenvalue weighted by Crippen LogP contribution is -2.17. The molecular weight excluding hydrogens is 159 g/mol. The summed E-state index contributed by atoms with van der Waals surface area (Å²) < 4.78 is 12.9. The van der Waals surface area contributed by atoms with Crippen LogP contribution >= 0.6 is 0 Å². The molecule has 3 N–H and O–H groups in total. The Morgan fingerprint density at radius 3 is 2.92 bits per heavy atom. The number of pyridine rings is 1. The molecule has 0 saturated heterocycles. The molecule has 4 heteroatoms. The zero-order valence-electron chi connectivity index (χ0n) is 6.57. The Morgan fingerprint density at radius 1 is 1.67 bits per heavy atom. The SMILES string of the molecule is NCC(CO)c1cccnc1F. The number of hydrogen-bond acceptors (Lipinski definition) is 3. The lowest BCUT2D eigenvalue weighted by Gasteiger charge is -2.11. The van der Waals surface area contributed by atoms with Crippen molar-refractivity contribution in [1.82, 2.24) is 4.98 Å². The molecule has 1 aromatic heterocycles. The van der Waals surface area contributed by atoms with Gasteiger partial charge >= 0.3 is 0 Å². The first-order valence-corrected chi connectivity index (χ1v) is 3.71. The fraction of sp³-hybridized carbons (Fsp3) is 0.375. The van der Waals surface area contributed by atoms with E-state index in [0.29, 0.717) is 5.56 Å². The number of aliphatic hydroxyl groups excluding tert-OH is 1. The molecule has 3 nitrogen and oxygen atoms in total. The second kappa shape index (κ2) is 4.13. The van der Waals surface area contributed by atoms with Crippen molar-refractivity contribution in [2.24, 2.45) is 5.73 Å². The Labute approximate surface area is 70.0 Å². The molecule has 0 aliphatic carbocycles. The summed E-state index contributed by atoms with van der Waals surface area (Å²) in [4.78, 5) is 3.46. The molecule has 0 saturated carbocycles. The van der Waals surface area contributed by atoms with Gasteiger partial charge in [0.15, 0.2) is 0 Å². The first kappa shape index (κ1) is 9.09. The molecule has 1 unspecified atom stereocenters. The highest BCUT2D eigenvalue weighted by atomic mass is 19.1. The fourth-order valence-corrected chi connectivity index (χ4v) is 1.00. The summed E-state index contributed by atoms with van der Waals surface area (Å²) in [7, 11) is 0. The lowest BCUT2D eigenvalue weighted by atomic mass is 10.0.